The topological polar surface area (TPSA) is 195 Å². The van der Waals surface area contributed by atoms with E-state index in [-0.39, 0.29) is 57.0 Å². The predicted molar refractivity (Wildman–Crippen MR) is 203 cm³/mol. The fourth-order valence-corrected chi connectivity index (χ4v) is 5.86. The van der Waals surface area contributed by atoms with Crippen LogP contribution in [0.5, 0.6) is 11.5 Å². The summed E-state index contributed by atoms with van der Waals surface area (Å²) in [5, 5.41) is 48.2. The molecule has 0 atom stereocenters. The number of fused-ring (bicyclic) bond motifs is 2. The summed E-state index contributed by atoms with van der Waals surface area (Å²) >= 11 is 3.32. The van der Waals surface area contributed by atoms with Crippen molar-refractivity contribution in [3.63, 3.8) is 0 Å². The number of aliphatic hydroxyl groups excluding tert-OH is 4. The molecule has 53 heavy (non-hydrogen) atoms. The normalized spacial score (nSPS) is 10.6. The number of aromatic nitrogens is 2. The molecule has 0 radical (unpaired) electrons. The summed E-state index contributed by atoms with van der Waals surface area (Å²) in [4.78, 5) is 28.8. The Bertz CT molecular complexity index is 2050. The van der Waals surface area contributed by atoms with Crippen molar-refractivity contribution >= 4 is 49.7 Å². The number of H-pyrrole nitrogens is 2. The van der Waals surface area contributed by atoms with Crippen molar-refractivity contribution in [2.24, 2.45) is 0 Å². The van der Waals surface area contributed by atoms with Crippen LogP contribution in [0.1, 0.15) is 44.5 Å². The third kappa shape index (κ3) is 11.7. The van der Waals surface area contributed by atoms with Crippen LogP contribution in [0.15, 0.2) is 85.2 Å². The van der Waals surface area contributed by atoms with E-state index in [1.54, 1.807) is 42.7 Å². The smallest absolute Gasteiger partial charge is 0.310 e. The van der Waals surface area contributed by atoms with Gasteiger partial charge in [-0.3, -0.25) is 9.59 Å². The maximum atomic E-state index is 11.5. The number of benzene rings is 4. The molecule has 2 heterocycles. The predicted octanol–water partition coefficient (Wildman–Crippen LogP) is 5.60. The largest absolute Gasteiger partial charge is 0.508 e. The minimum atomic E-state index is -0.297. The number of alkyl halides is 1. The molecule has 0 amide bonds. The van der Waals surface area contributed by atoms with Crippen LogP contribution in [0.2, 0.25) is 0 Å². The monoisotopic (exact) mass is 790 g/mol. The number of carbonyl (C=O) groups excluding carboxylic acids is 2. The molecule has 6 rings (SSSR count). The van der Waals surface area contributed by atoms with Gasteiger partial charge in [-0.25, -0.2) is 0 Å². The molecule has 0 aliphatic carbocycles. The Balaban J connectivity index is 0.000000196. The van der Waals surface area contributed by atoms with E-state index in [2.05, 4.69) is 30.6 Å². The number of carbonyl (C=O) groups is 2. The van der Waals surface area contributed by atoms with Crippen molar-refractivity contribution in [3.05, 3.63) is 130 Å². The van der Waals surface area contributed by atoms with Crippen LogP contribution in [0.4, 0.5) is 0 Å². The maximum Gasteiger partial charge on any atom is 0.310 e. The van der Waals surface area contributed by atoms with E-state index in [9.17, 15) is 24.9 Å². The van der Waals surface area contributed by atoms with E-state index in [0.29, 0.717) is 12.4 Å². The fraction of sp³-hybridized carbons (Fsp3) is 0.250. The van der Waals surface area contributed by atoms with Crippen LogP contribution >= 0.6 is 15.9 Å². The van der Waals surface area contributed by atoms with Gasteiger partial charge in [0.1, 0.15) is 18.1 Å². The van der Waals surface area contributed by atoms with Crippen LogP contribution in [0, 0.1) is 0 Å². The van der Waals surface area contributed by atoms with Crippen molar-refractivity contribution in [1.82, 2.24) is 9.97 Å². The average molecular weight is 792 g/mol. The number of hydrogen-bond donors (Lipinski definition) is 7. The van der Waals surface area contributed by atoms with E-state index < -0.39 is 0 Å². The molecule has 0 bridgehead atoms. The highest BCUT2D eigenvalue weighted by Crippen LogP contribution is 2.26. The van der Waals surface area contributed by atoms with Crippen molar-refractivity contribution in [2.45, 2.75) is 51.2 Å². The quantitative estimate of drug-likeness (QED) is 0.0606. The number of ether oxygens (including phenoxy) is 3. The second-order valence-electron chi connectivity index (χ2n) is 11.9. The van der Waals surface area contributed by atoms with Crippen molar-refractivity contribution in [1.29, 1.82) is 0 Å². The number of phenols is 1. The number of hydrogen-bond acceptors (Lipinski definition) is 10. The van der Waals surface area contributed by atoms with Gasteiger partial charge in [-0.2, -0.15) is 0 Å². The number of phenolic OH excluding ortho intramolecular Hbond substituents is 1. The minimum Gasteiger partial charge on any atom is -0.508 e. The lowest BCUT2D eigenvalue weighted by atomic mass is 10.1. The summed E-state index contributed by atoms with van der Waals surface area (Å²) in [6.45, 7) is 0.171. The molecule has 0 aliphatic rings. The lowest BCUT2D eigenvalue weighted by molar-refractivity contribution is -0.140. The van der Waals surface area contributed by atoms with Crippen LogP contribution < -0.4 is 4.74 Å². The number of nitrogens with one attached hydrogen (secondary N) is 2. The number of aliphatic hydroxyl groups is 4. The van der Waals surface area contributed by atoms with Gasteiger partial charge in [-0.05, 0) is 80.9 Å². The number of aromatic hydroxyl groups is 1. The zero-order chi connectivity index (χ0) is 38.3. The summed E-state index contributed by atoms with van der Waals surface area (Å²) < 4.78 is 15.2. The number of rotatable bonds is 12. The van der Waals surface area contributed by atoms with Gasteiger partial charge < -0.3 is 49.7 Å². The van der Waals surface area contributed by atoms with Crippen LogP contribution in [-0.4, -0.2) is 61.7 Å². The van der Waals surface area contributed by atoms with Crippen molar-refractivity contribution in [3.8, 4) is 11.5 Å². The van der Waals surface area contributed by atoms with Crippen LogP contribution in [0.3, 0.4) is 0 Å². The van der Waals surface area contributed by atoms with Crippen molar-refractivity contribution in [2.75, 3.05) is 14.2 Å². The van der Waals surface area contributed by atoms with E-state index in [1.165, 1.54) is 14.2 Å². The first-order valence-electron chi connectivity index (χ1n) is 16.5. The molecule has 280 valence electrons. The Morgan fingerprint density at radius 3 is 1.49 bits per heavy atom. The SMILES string of the molecule is COC(=O)Cc1c[nH]c2ccc(O)cc12.COC(=O)Cc1c[nH]c2ccc(OCc3cc(CO)cc(CO)c3)cc12.OCc1cc(CO)cc(CBr)c1. The van der Waals surface area contributed by atoms with E-state index in [4.69, 9.17) is 19.7 Å². The van der Waals surface area contributed by atoms with E-state index in [0.717, 1.165) is 71.6 Å². The molecule has 0 saturated heterocycles. The summed E-state index contributed by atoms with van der Waals surface area (Å²) in [6.07, 6.45) is 3.95. The second-order valence-corrected chi connectivity index (χ2v) is 12.5. The minimum absolute atomic E-state index is 0.0217. The lowest BCUT2D eigenvalue weighted by Gasteiger charge is -2.10. The molecule has 0 spiro atoms. The van der Waals surface area contributed by atoms with Gasteiger partial charge in [0.15, 0.2) is 0 Å². The van der Waals surface area contributed by atoms with Gasteiger partial charge >= 0.3 is 11.9 Å². The average Bonchev–Trinajstić information content (AvgIpc) is 3.79. The molecule has 6 aromatic rings. The third-order valence-electron chi connectivity index (χ3n) is 8.13. The molecule has 12 nitrogen and oxygen atoms in total. The number of methoxy groups -OCH3 is 2. The summed E-state index contributed by atoms with van der Waals surface area (Å²) in [5.41, 5.74) is 8.58. The van der Waals surface area contributed by atoms with Gasteiger partial charge in [-0.1, -0.05) is 52.3 Å². The molecule has 0 fully saturated rings. The van der Waals surface area contributed by atoms with Gasteiger partial charge in [0, 0.05) is 39.5 Å². The first kappa shape index (κ1) is 40.6. The molecule has 13 heteroatoms. The Hall–Kier alpha value is -5.18. The molecule has 2 aromatic heterocycles. The Morgan fingerprint density at radius 2 is 1.04 bits per heavy atom. The first-order valence-corrected chi connectivity index (χ1v) is 17.6. The zero-order valence-electron chi connectivity index (χ0n) is 29.4. The molecule has 0 saturated carbocycles. The summed E-state index contributed by atoms with van der Waals surface area (Å²) in [7, 11) is 2.72. The van der Waals surface area contributed by atoms with Crippen molar-refractivity contribution < 1.29 is 49.3 Å². The highest BCUT2D eigenvalue weighted by molar-refractivity contribution is 9.08. The summed E-state index contributed by atoms with van der Waals surface area (Å²) in [6, 6.07) is 21.7. The van der Waals surface area contributed by atoms with Crippen LogP contribution in [0.25, 0.3) is 21.8 Å². The van der Waals surface area contributed by atoms with Gasteiger partial charge in [0.25, 0.3) is 0 Å². The molecule has 0 aliphatic heterocycles. The zero-order valence-corrected chi connectivity index (χ0v) is 31.0. The van der Waals surface area contributed by atoms with Gasteiger partial charge in [-0.15, -0.1) is 0 Å². The Morgan fingerprint density at radius 1 is 0.604 bits per heavy atom. The Kier molecular flexibility index (Phi) is 15.4. The van der Waals surface area contributed by atoms with E-state index >= 15 is 0 Å². The number of aromatic amines is 2. The van der Waals surface area contributed by atoms with Crippen LogP contribution in [-0.2, 0) is 70.3 Å². The molecular formula is C40H43BrN2O10. The van der Waals surface area contributed by atoms with Gasteiger partial charge in [0.05, 0.1) is 53.5 Å². The summed E-state index contributed by atoms with van der Waals surface area (Å²) in [5.74, 6) is 0.269. The standard InChI is InChI=1S/C20H21NO5.C11H11NO3.C9H11BrO2/c1-25-20(24)7-16-9-21-19-3-2-17(8-18(16)19)26-12-15-5-13(10-22)4-14(6-15)11-23;1-15-11(14)4-7-6-12-10-3-2-8(13)5-9(7)10;10-4-7-1-8(5-11)3-9(2-7)6-12/h2-6,8-9,21-23H,7,10-12H2,1H3;2-3,5-6,12-13H,4H2,1H3;1-3,11-12H,4-6H2. The van der Waals surface area contributed by atoms with Gasteiger partial charge in [0.2, 0.25) is 0 Å². The molecule has 4 aromatic carbocycles. The number of esters is 2. The molecular weight excluding hydrogens is 748 g/mol. The Labute approximate surface area is 314 Å². The third-order valence-corrected chi connectivity index (χ3v) is 8.78. The molecule has 7 N–H and O–H groups in total. The second kappa shape index (κ2) is 20.2. The highest BCUT2D eigenvalue weighted by atomic mass is 79.9. The molecule has 0 unspecified atom stereocenters. The first-order chi connectivity index (χ1) is 25.6. The van der Waals surface area contributed by atoms with E-state index in [1.807, 2.05) is 42.5 Å². The lowest BCUT2D eigenvalue weighted by Crippen LogP contribution is -2.03. The highest BCUT2D eigenvalue weighted by Gasteiger charge is 2.11. The maximum absolute atomic E-state index is 11.5. The fourth-order valence-electron chi connectivity index (χ4n) is 5.53. The number of halogens is 1.